The Kier molecular flexibility index (Phi) is 5.75. The number of carbonyl (C=O) groups is 2. The minimum Gasteiger partial charge on any atom is -0.486 e. The van der Waals surface area contributed by atoms with E-state index in [-0.39, 0.29) is 24.2 Å². The molecule has 1 atom stereocenters. The third kappa shape index (κ3) is 4.42. The monoisotopic (exact) mass is 348 g/mol. The number of benzene rings is 1. The van der Waals surface area contributed by atoms with Gasteiger partial charge in [0.2, 0.25) is 11.8 Å². The molecular weight excluding hydrogens is 324 g/mol. The van der Waals surface area contributed by atoms with Gasteiger partial charge >= 0.3 is 0 Å². The summed E-state index contributed by atoms with van der Waals surface area (Å²) in [6, 6.07) is 5.83. The Bertz CT molecular complexity index is 634. The topological polar surface area (TPSA) is 77.1 Å². The van der Waals surface area contributed by atoms with Gasteiger partial charge < -0.3 is 24.4 Å². The molecule has 1 N–H and O–H groups in total. The van der Waals surface area contributed by atoms with E-state index >= 15 is 0 Å². The van der Waals surface area contributed by atoms with E-state index in [0.29, 0.717) is 45.9 Å². The van der Waals surface area contributed by atoms with Gasteiger partial charge in [0.05, 0.1) is 12.5 Å². The van der Waals surface area contributed by atoms with Crippen molar-refractivity contribution >= 4 is 11.8 Å². The molecule has 0 aromatic heterocycles. The number of ether oxygens (including phenoxy) is 3. The van der Waals surface area contributed by atoms with Crippen LogP contribution in [0.5, 0.6) is 11.5 Å². The predicted molar refractivity (Wildman–Crippen MR) is 90.7 cm³/mol. The molecule has 3 rings (SSSR count). The van der Waals surface area contributed by atoms with Crippen LogP contribution in [0.15, 0.2) is 18.2 Å². The van der Waals surface area contributed by atoms with Crippen molar-refractivity contribution in [3.8, 4) is 11.5 Å². The highest BCUT2D eigenvalue weighted by atomic mass is 16.6. The third-order valence-corrected chi connectivity index (χ3v) is 4.47. The molecule has 7 nitrogen and oxygen atoms in total. The van der Waals surface area contributed by atoms with E-state index in [1.54, 1.807) is 12.0 Å². The fourth-order valence-corrected chi connectivity index (χ4v) is 3.08. The van der Waals surface area contributed by atoms with Gasteiger partial charge in [-0.25, -0.2) is 0 Å². The smallest absolute Gasteiger partial charge is 0.225 e. The first-order valence-electron chi connectivity index (χ1n) is 8.60. The summed E-state index contributed by atoms with van der Waals surface area (Å²) in [4.78, 5) is 25.8. The number of methoxy groups -OCH3 is 1. The summed E-state index contributed by atoms with van der Waals surface area (Å²) >= 11 is 0. The molecule has 0 radical (unpaired) electrons. The molecule has 1 aromatic rings. The van der Waals surface area contributed by atoms with Crippen molar-refractivity contribution in [3.05, 3.63) is 23.8 Å². The van der Waals surface area contributed by atoms with Crippen molar-refractivity contribution in [1.82, 2.24) is 10.2 Å². The summed E-state index contributed by atoms with van der Waals surface area (Å²) in [5.41, 5.74) is 1.08. The van der Waals surface area contributed by atoms with Gasteiger partial charge in [0.15, 0.2) is 11.5 Å². The van der Waals surface area contributed by atoms with E-state index in [2.05, 4.69) is 5.32 Å². The Labute approximate surface area is 147 Å². The van der Waals surface area contributed by atoms with Crippen LogP contribution in [0.1, 0.15) is 12.0 Å². The maximum absolute atomic E-state index is 12.3. The predicted octanol–water partition coefficient (Wildman–Crippen LogP) is 0.611. The van der Waals surface area contributed by atoms with Gasteiger partial charge in [-0.1, -0.05) is 6.07 Å². The molecule has 2 heterocycles. The highest BCUT2D eigenvalue weighted by Crippen LogP contribution is 2.30. The minimum absolute atomic E-state index is 0.0176. The molecule has 0 saturated carbocycles. The second-order valence-corrected chi connectivity index (χ2v) is 6.25. The first kappa shape index (κ1) is 17.5. The molecule has 2 amide bonds. The number of hydrogen-bond donors (Lipinski definition) is 1. The molecule has 2 aliphatic heterocycles. The van der Waals surface area contributed by atoms with Crippen LogP contribution in [0, 0.1) is 5.92 Å². The van der Waals surface area contributed by atoms with Crippen LogP contribution in [0.25, 0.3) is 0 Å². The summed E-state index contributed by atoms with van der Waals surface area (Å²) in [7, 11) is 1.60. The van der Waals surface area contributed by atoms with Gasteiger partial charge in [-0.2, -0.15) is 0 Å². The average molecular weight is 348 g/mol. The van der Waals surface area contributed by atoms with Crippen molar-refractivity contribution in [2.24, 2.45) is 5.92 Å². The molecule has 1 fully saturated rings. The number of amides is 2. The zero-order valence-electron chi connectivity index (χ0n) is 14.5. The van der Waals surface area contributed by atoms with Gasteiger partial charge in [0, 0.05) is 33.2 Å². The number of nitrogens with zero attached hydrogens (tertiary/aromatic N) is 1. The maximum atomic E-state index is 12.3. The number of rotatable bonds is 7. The van der Waals surface area contributed by atoms with Crippen molar-refractivity contribution in [2.45, 2.75) is 12.8 Å². The molecule has 2 aliphatic rings. The summed E-state index contributed by atoms with van der Waals surface area (Å²) in [5, 5.41) is 2.93. The van der Waals surface area contributed by atoms with Crippen LogP contribution < -0.4 is 14.8 Å². The Balaban J connectivity index is 1.44. The van der Waals surface area contributed by atoms with E-state index < -0.39 is 0 Å². The quantitative estimate of drug-likeness (QED) is 0.781. The molecule has 136 valence electrons. The molecule has 1 unspecified atom stereocenters. The number of hydrogen-bond acceptors (Lipinski definition) is 5. The Morgan fingerprint density at radius 3 is 2.92 bits per heavy atom. The van der Waals surface area contributed by atoms with Crippen molar-refractivity contribution in [1.29, 1.82) is 0 Å². The summed E-state index contributed by atoms with van der Waals surface area (Å²) in [6.07, 6.45) is 0.982. The van der Waals surface area contributed by atoms with Crippen LogP contribution >= 0.6 is 0 Å². The molecular formula is C18H24N2O5. The molecule has 7 heteroatoms. The summed E-state index contributed by atoms with van der Waals surface area (Å²) in [5.74, 6) is 1.20. The van der Waals surface area contributed by atoms with E-state index in [9.17, 15) is 9.59 Å². The lowest BCUT2D eigenvalue weighted by atomic mass is 10.1. The molecule has 25 heavy (non-hydrogen) atoms. The van der Waals surface area contributed by atoms with Crippen LogP contribution in [-0.4, -0.2) is 63.3 Å². The largest absolute Gasteiger partial charge is 0.486 e. The van der Waals surface area contributed by atoms with Gasteiger partial charge in [0.1, 0.15) is 13.2 Å². The summed E-state index contributed by atoms with van der Waals surface area (Å²) < 4.78 is 16.0. The standard InChI is InChI=1S/C18H24N2O5/c1-23-7-6-20-12-14(11-17(20)21)18(22)19-5-4-13-2-3-15-16(10-13)25-9-8-24-15/h2-3,10,14H,4-9,11-12H2,1H3,(H,19,22). The average Bonchev–Trinajstić information content (AvgIpc) is 3.00. The highest BCUT2D eigenvalue weighted by molar-refractivity contribution is 5.89. The normalized spacial score (nSPS) is 19.2. The van der Waals surface area contributed by atoms with E-state index in [4.69, 9.17) is 14.2 Å². The van der Waals surface area contributed by atoms with E-state index in [1.165, 1.54) is 0 Å². The zero-order valence-corrected chi connectivity index (χ0v) is 14.5. The molecule has 0 spiro atoms. The lowest BCUT2D eigenvalue weighted by molar-refractivity contribution is -0.129. The molecule has 0 aliphatic carbocycles. The van der Waals surface area contributed by atoms with Gasteiger partial charge in [-0.3, -0.25) is 9.59 Å². The fourth-order valence-electron chi connectivity index (χ4n) is 3.08. The third-order valence-electron chi connectivity index (χ3n) is 4.47. The summed E-state index contributed by atoms with van der Waals surface area (Å²) in [6.45, 7) is 3.16. The van der Waals surface area contributed by atoms with Crippen LogP contribution in [0.4, 0.5) is 0 Å². The van der Waals surface area contributed by atoms with E-state index in [1.807, 2.05) is 18.2 Å². The Morgan fingerprint density at radius 1 is 1.32 bits per heavy atom. The number of nitrogens with one attached hydrogen (secondary N) is 1. The maximum Gasteiger partial charge on any atom is 0.225 e. The van der Waals surface area contributed by atoms with Gasteiger partial charge in [-0.15, -0.1) is 0 Å². The van der Waals surface area contributed by atoms with Crippen molar-refractivity contribution in [3.63, 3.8) is 0 Å². The number of fused-ring (bicyclic) bond motifs is 1. The number of likely N-dealkylation sites (tertiary alicyclic amines) is 1. The highest BCUT2D eigenvalue weighted by Gasteiger charge is 2.33. The van der Waals surface area contributed by atoms with E-state index in [0.717, 1.165) is 17.1 Å². The van der Waals surface area contributed by atoms with Crippen molar-refractivity contribution in [2.75, 3.05) is 46.6 Å². The van der Waals surface area contributed by atoms with Gasteiger partial charge in [-0.05, 0) is 24.1 Å². The zero-order chi connectivity index (χ0) is 17.6. The lowest BCUT2D eigenvalue weighted by Gasteiger charge is -2.19. The van der Waals surface area contributed by atoms with Crippen molar-refractivity contribution < 1.29 is 23.8 Å². The second-order valence-electron chi connectivity index (χ2n) is 6.25. The SMILES string of the molecule is COCCN1CC(C(=O)NCCc2ccc3c(c2)OCCO3)CC1=O. The fraction of sp³-hybridized carbons (Fsp3) is 0.556. The molecule has 0 bridgehead atoms. The molecule has 1 aromatic carbocycles. The first-order chi connectivity index (χ1) is 12.2. The Hall–Kier alpha value is -2.28. The van der Waals surface area contributed by atoms with Crippen LogP contribution in [-0.2, 0) is 20.7 Å². The van der Waals surface area contributed by atoms with Crippen LogP contribution in [0.2, 0.25) is 0 Å². The van der Waals surface area contributed by atoms with Gasteiger partial charge in [0.25, 0.3) is 0 Å². The number of carbonyl (C=O) groups excluding carboxylic acids is 2. The molecule has 1 saturated heterocycles. The minimum atomic E-state index is -0.273. The first-order valence-corrected chi connectivity index (χ1v) is 8.60. The lowest BCUT2D eigenvalue weighted by Crippen LogP contribution is -2.34. The Morgan fingerprint density at radius 2 is 2.12 bits per heavy atom. The second kappa shape index (κ2) is 8.20. The van der Waals surface area contributed by atoms with Crippen LogP contribution in [0.3, 0.4) is 0 Å².